The molecule has 1 atom stereocenters. The van der Waals surface area contributed by atoms with Crippen LogP contribution in [-0.2, 0) is 0 Å². The summed E-state index contributed by atoms with van der Waals surface area (Å²) in [6.07, 6.45) is 0.242. The lowest BCUT2D eigenvalue weighted by Crippen LogP contribution is -2.33. The van der Waals surface area contributed by atoms with E-state index in [2.05, 4.69) is 19.2 Å². The molecule has 1 aromatic carbocycles. The van der Waals surface area contributed by atoms with Gasteiger partial charge in [-0.1, -0.05) is 19.9 Å². The van der Waals surface area contributed by atoms with Crippen LogP contribution < -0.4 is 10.1 Å². The quantitative estimate of drug-likeness (QED) is 0.888. The molecule has 1 fully saturated rings. The van der Waals surface area contributed by atoms with E-state index in [4.69, 9.17) is 4.74 Å². The minimum absolute atomic E-state index is 0.178. The summed E-state index contributed by atoms with van der Waals surface area (Å²) >= 11 is 0. The molecule has 20 heavy (non-hydrogen) atoms. The maximum atomic E-state index is 12.0. The van der Waals surface area contributed by atoms with Gasteiger partial charge in [0.1, 0.15) is 5.75 Å². The van der Waals surface area contributed by atoms with E-state index in [0.717, 1.165) is 5.75 Å². The van der Waals surface area contributed by atoms with Gasteiger partial charge < -0.3 is 20.1 Å². The van der Waals surface area contributed by atoms with Gasteiger partial charge in [-0.15, -0.1) is 0 Å². The molecule has 0 aromatic heterocycles. The predicted molar refractivity (Wildman–Crippen MR) is 78.0 cm³/mol. The third kappa shape index (κ3) is 4.13. The molecule has 1 heterocycles. The molecule has 1 aliphatic heterocycles. The summed E-state index contributed by atoms with van der Waals surface area (Å²) in [5, 5.41) is 12.3. The highest BCUT2D eigenvalue weighted by Crippen LogP contribution is 2.19. The minimum atomic E-state index is -0.401. The summed E-state index contributed by atoms with van der Waals surface area (Å²) in [5.74, 6) is 1.21. The molecule has 5 nitrogen and oxygen atoms in total. The number of hydrogen-bond donors (Lipinski definition) is 2. The first-order valence-corrected chi connectivity index (χ1v) is 7.01. The van der Waals surface area contributed by atoms with Crippen molar-refractivity contribution in [2.24, 2.45) is 5.92 Å². The zero-order valence-electron chi connectivity index (χ0n) is 12.0. The Labute approximate surface area is 119 Å². The molecule has 110 valence electrons. The number of benzene rings is 1. The lowest BCUT2D eigenvalue weighted by Gasteiger charge is -2.17. The molecule has 2 N–H and O–H groups in total. The number of amides is 2. The van der Waals surface area contributed by atoms with Crippen molar-refractivity contribution in [2.45, 2.75) is 26.4 Å². The van der Waals surface area contributed by atoms with Gasteiger partial charge in [-0.3, -0.25) is 0 Å². The van der Waals surface area contributed by atoms with E-state index in [1.54, 1.807) is 4.90 Å². The number of nitrogens with zero attached hydrogens (tertiary/aromatic N) is 1. The molecule has 0 aliphatic carbocycles. The molecule has 0 unspecified atom stereocenters. The van der Waals surface area contributed by atoms with Crippen molar-refractivity contribution >= 4 is 11.7 Å². The number of urea groups is 1. The van der Waals surface area contributed by atoms with E-state index in [1.165, 1.54) is 0 Å². The van der Waals surface area contributed by atoms with E-state index in [1.807, 2.05) is 24.3 Å². The first-order valence-electron chi connectivity index (χ1n) is 7.01. The fourth-order valence-electron chi connectivity index (χ4n) is 2.06. The maximum Gasteiger partial charge on any atom is 0.321 e. The molecule has 1 saturated heterocycles. The van der Waals surface area contributed by atoms with Crippen LogP contribution >= 0.6 is 0 Å². The molecule has 0 spiro atoms. The second-order valence-electron chi connectivity index (χ2n) is 5.55. The van der Waals surface area contributed by atoms with E-state index >= 15 is 0 Å². The van der Waals surface area contributed by atoms with Gasteiger partial charge in [0.2, 0.25) is 0 Å². The van der Waals surface area contributed by atoms with Gasteiger partial charge in [0.25, 0.3) is 0 Å². The van der Waals surface area contributed by atoms with Gasteiger partial charge in [0.15, 0.2) is 0 Å². The standard InChI is InChI=1S/C15H22N2O3/c1-11(2)10-20-14-5-3-4-12(8-14)16-15(19)17-7-6-13(18)9-17/h3-5,8,11,13,18H,6-7,9-10H2,1-2H3,(H,16,19)/t13-/m1/s1. The Morgan fingerprint density at radius 2 is 2.35 bits per heavy atom. The lowest BCUT2D eigenvalue weighted by atomic mass is 10.2. The van der Waals surface area contributed by atoms with Crippen molar-refractivity contribution in [3.63, 3.8) is 0 Å². The molecular weight excluding hydrogens is 256 g/mol. The monoisotopic (exact) mass is 278 g/mol. The highest BCUT2D eigenvalue weighted by Gasteiger charge is 2.24. The first kappa shape index (κ1) is 14.7. The Morgan fingerprint density at radius 3 is 3.00 bits per heavy atom. The highest BCUT2D eigenvalue weighted by molar-refractivity contribution is 5.89. The van der Waals surface area contributed by atoms with E-state index in [-0.39, 0.29) is 6.03 Å². The number of ether oxygens (including phenoxy) is 1. The molecule has 0 saturated carbocycles. The number of aliphatic hydroxyl groups excluding tert-OH is 1. The van der Waals surface area contributed by atoms with Crippen LogP contribution in [0.25, 0.3) is 0 Å². The first-order chi connectivity index (χ1) is 9.54. The Bertz CT molecular complexity index is 462. The molecule has 2 amide bonds. The molecule has 1 aromatic rings. The summed E-state index contributed by atoms with van der Waals surface area (Å²) in [5.41, 5.74) is 0.706. The van der Waals surface area contributed by atoms with Crippen LogP contribution in [0, 0.1) is 5.92 Å². The van der Waals surface area contributed by atoms with Gasteiger partial charge in [-0.2, -0.15) is 0 Å². The predicted octanol–water partition coefficient (Wildman–Crippen LogP) is 2.32. The lowest BCUT2D eigenvalue weighted by molar-refractivity contribution is 0.176. The van der Waals surface area contributed by atoms with Crippen molar-refractivity contribution in [3.8, 4) is 5.75 Å². The summed E-state index contributed by atoms with van der Waals surface area (Å²) < 4.78 is 5.63. The zero-order chi connectivity index (χ0) is 14.5. The maximum absolute atomic E-state index is 12.0. The number of carbonyl (C=O) groups is 1. The average molecular weight is 278 g/mol. The number of hydrogen-bond acceptors (Lipinski definition) is 3. The molecule has 0 radical (unpaired) electrons. The Hall–Kier alpha value is -1.75. The van der Waals surface area contributed by atoms with Crippen molar-refractivity contribution in [1.29, 1.82) is 0 Å². The van der Waals surface area contributed by atoms with Crippen LogP contribution in [0.15, 0.2) is 24.3 Å². The Kier molecular flexibility index (Phi) is 4.84. The van der Waals surface area contributed by atoms with E-state index < -0.39 is 6.10 Å². The fourth-order valence-corrected chi connectivity index (χ4v) is 2.06. The van der Waals surface area contributed by atoms with Gasteiger partial charge >= 0.3 is 6.03 Å². The average Bonchev–Trinajstić information content (AvgIpc) is 2.84. The van der Waals surface area contributed by atoms with Crippen molar-refractivity contribution in [2.75, 3.05) is 25.0 Å². The third-order valence-electron chi connectivity index (χ3n) is 3.12. The second-order valence-corrected chi connectivity index (χ2v) is 5.55. The smallest absolute Gasteiger partial charge is 0.321 e. The number of β-amino-alcohol motifs (C(OH)–C–C–N with tert-alkyl or cyclic N) is 1. The number of nitrogens with one attached hydrogen (secondary N) is 1. The van der Waals surface area contributed by atoms with Crippen molar-refractivity contribution < 1.29 is 14.6 Å². The van der Waals surface area contributed by atoms with E-state index in [9.17, 15) is 9.90 Å². The Balaban J connectivity index is 1.92. The van der Waals surface area contributed by atoms with Gasteiger partial charge in [0.05, 0.1) is 12.7 Å². The largest absolute Gasteiger partial charge is 0.493 e. The number of carbonyl (C=O) groups excluding carboxylic acids is 1. The minimum Gasteiger partial charge on any atom is -0.493 e. The van der Waals surface area contributed by atoms with Gasteiger partial charge in [-0.05, 0) is 24.5 Å². The summed E-state index contributed by atoms with van der Waals surface area (Å²) in [4.78, 5) is 13.6. The highest BCUT2D eigenvalue weighted by atomic mass is 16.5. The molecule has 2 rings (SSSR count). The Morgan fingerprint density at radius 1 is 1.55 bits per heavy atom. The molecule has 5 heteroatoms. The van der Waals surface area contributed by atoms with Crippen molar-refractivity contribution in [1.82, 2.24) is 4.90 Å². The summed E-state index contributed by atoms with van der Waals surface area (Å²) in [6, 6.07) is 7.18. The number of rotatable bonds is 4. The van der Waals surface area contributed by atoms with Crippen LogP contribution in [0.4, 0.5) is 10.5 Å². The molecule has 1 aliphatic rings. The van der Waals surface area contributed by atoms with Crippen LogP contribution in [0.3, 0.4) is 0 Å². The fraction of sp³-hybridized carbons (Fsp3) is 0.533. The number of likely N-dealkylation sites (tertiary alicyclic amines) is 1. The normalized spacial score (nSPS) is 18.4. The van der Waals surface area contributed by atoms with Crippen molar-refractivity contribution in [3.05, 3.63) is 24.3 Å². The SMILES string of the molecule is CC(C)COc1cccc(NC(=O)N2CC[C@@H](O)C2)c1. The van der Waals surface area contributed by atoms with Crippen LogP contribution in [0.5, 0.6) is 5.75 Å². The summed E-state index contributed by atoms with van der Waals surface area (Å²) in [7, 11) is 0. The van der Waals surface area contributed by atoms with Crippen LogP contribution in [-0.4, -0.2) is 41.8 Å². The number of aliphatic hydroxyl groups is 1. The van der Waals surface area contributed by atoms with Gasteiger partial charge in [-0.25, -0.2) is 4.79 Å². The number of anilines is 1. The molecular formula is C15H22N2O3. The van der Waals surface area contributed by atoms with E-state index in [0.29, 0.717) is 37.7 Å². The summed E-state index contributed by atoms with van der Waals surface area (Å²) in [6.45, 7) is 5.82. The van der Waals surface area contributed by atoms with Gasteiger partial charge in [0, 0.05) is 24.8 Å². The second kappa shape index (κ2) is 6.61. The third-order valence-corrected chi connectivity index (χ3v) is 3.12. The topological polar surface area (TPSA) is 61.8 Å². The zero-order valence-corrected chi connectivity index (χ0v) is 12.0. The van der Waals surface area contributed by atoms with Crippen LogP contribution in [0.1, 0.15) is 20.3 Å². The van der Waals surface area contributed by atoms with Crippen LogP contribution in [0.2, 0.25) is 0 Å². The molecule has 0 bridgehead atoms.